The van der Waals surface area contributed by atoms with Crippen molar-refractivity contribution in [3.8, 4) is 0 Å². The van der Waals surface area contributed by atoms with Crippen molar-refractivity contribution < 1.29 is 18.0 Å². The van der Waals surface area contributed by atoms with Gasteiger partial charge in [-0.15, -0.1) is 0 Å². The third kappa shape index (κ3) is 5.47. The molecular weight excluding hydrogens is 404 g/mol. The second-order valence-electron chi connectivity index (χ2n) is 5.96. The van der Waals surface area contributed by atoms with Gasteiger partial charge in [0.15, 0.2) is 10.6 Å². The minimum absolute atomic E-state index is 0.0203. The summed E-state index contributed by atoms with van der Waals surface area (Å²) in [6.45, 7) is 5.39. The van der Waals surface area contributed by atoms with Crippen LogP contribution in [0.1, 0.15) is 26.6 Å². The Labute approximate surface area is 167 Å². The zero-order valence-corrected chi connectivity index (χ0v) is 17.3. The highest BCUT2D eigenvalue weighted by Gasteiger charge is 2.22. The molecule has 2 amide bonds. The van der Waals surface area contributed by atoms with Crippen LogP contribution in [-0.2, 0) is 32.7 Å². The van der Waals surface area contributed by atoms with E-state index in [1.165, 1.54) is 38.1 Å². The fraction of sp³-hybridized carbons (Fsp3) is 0.375. The van der Waals surface area contributed by atoms with Crippen LogP contribution < -0.4 is 15.4 Å². The van der Waals surface area contributed by atoms with Crippen molar-refractivity contribution in [2.24, 2.45) is 0 Å². The van der Waals surface area contributed by atoms with Crippen LogP contribution in [0, 0.1) is 4.77 Å². The van der Waals surface area contributed by atoms with Gasteiger partial charge < -0.3 is 15.2 Å². The van der Waals surface area contributed by atoms with Gasteiger partial charge in [0.05, 0.1) is 17.5 Å². The Morgan fingerprint density at radius 1 is 1.29 bits per heavy atom. The van der Waals surface area contributed by atoms with Crippen molar-refractivity contribution in [1.82, 2.24) is 24.8 Å². The van der Waals surface area contributed by atoms with Crippen molar-refractivity contribution in [3.05, 3.63) is 34.9 Å². The fourth-order valence-corrected chi connectivity index (χ4v) is 3.89. The number of sulfonamides is 1. The van der Waals surface area contributed by atoms with Gasteiger partial charge >= 0.3 is 0 Å². The van der Waals surface area contributed by atoms with Gasteiger partial charge in [0.1, 0.15) is 0 Å². The predicted octanol–water partition coefficient (Wildman–Crippen LogP) is 0.902. The molecule has 2 aromatic rings. The number of benzene rings is 1. The lowest BCUT2D eigenvalue weighted by molar-refractivity contribution is -0.122. The van der Waals surface area contributed by atoms with Crippen LogP contribution >= 0.6 is 12.2 Å². The smallest absolute Gasteiger partial charge is 0.241 e. The topological polar surface area (TPSA) is 138 Å². The first-order valence-corrected chi connectivity index (χ1v) is 10.3. The van der Waals surface area contributed by atoms with Gasteiger partial charge in [-0.25, -0.2) is 8.42 Å². The molecule has 0 bridgehead atoms. The zero-order valence-electron chi connectivity index (χ0n) is 15.6. The summed E-state index contributed by atoms with van der Waals surface area (Å²) in [7, 11) is -3.91. The van der Waals surface area contributed by atoms with E-state index >= 15 is 0 Å². The van der Waals surface area contributed by atoms with Gasteiger partial charge in [-0.2, -0.15) is 9.82 Å². The summed E-state index contributed by atoms with van der Waals surface area (Å²) in [6.07, 6.45) is 0. The number of carbonyl (C=O) groups is 2. The number of hydrogen-bond acceptors (Lipinski definition) is 6. The van der Waals surface area contributed by atoms with E-state index in [1.807, 2.05) is 6.92 Å². The molecule has 0 unspecified atom stereocenters. The number of carbonyl (C=O) groups excluding carboxylic acids is 2. The summed E-state index contributed by atoms with van der Waals surface area (Å²) in [6, 6.07) is 4.62. The van der Waals surface area contributed by atoms with Crippen molar-refractivity contribution in [2.45, 2.75) is 44.8 Å². The zero-order chi connectivity index (χ0) is 20.9. The highest BCUT2D eigenvalue weighted by atomic mass is 32.2. The number of H-pyrrole nitrogens is 1. The molecule has 1 atom stereocenters. The monoisotopic (exact) mass is 426 g/mol. The summed E-state index contributed by atoms with van der Waals surface area (Å²) in [5.41, 5.74) is 0.474. The molecule has 10 nitrogen and oxygen atoms in total. The van der Waals surface area contributed by atoms with Crippen LogP contribution in [0.4, 0.5) is 5.69 Å². The van der Waals surface area contributed by atoms with E-state index in [2.05, 4.69) is 25.6 Å². The number of rotatable bonds is 8. The van der Waals surface area contributed by atoms with E-state index in [4.69, 9.17) is 12.2 Å². The first-order valence-electron chi connectivity index (χ1n) is 8.45. The number of nitrogens with one attached hydrogen (secondary N) is 4. The average molecular weight is 427 g/mol. The van der Waals surface area contributed by atoms with E-state index in [0.29, 0.717) is 22.8 Å². The Morgan fingerprint density at radius 2 is 1.93 bits per heavy atom. The number of aromatic nitrogens is 3. The quantitative estimate of drug-likeness (QED) is 0.463. The summed E-state index contributed by atoms with van der Waals surface area (Å²) < 4.78 is 29.4. The van der Waals surface area contributed by atoms with Crippen LogP contribution in [0.3, 0.4) is 0 Å². The Hall–Kier alpha value is -2.57. The fourth-order valence-electron chi connectivity index (χ4n) is 2.41. The molecule has 12 heteroatoms. The third-order valence-electron chi connectivity index (χ3n) is 3.78. The molecular formula is C16H22N6O4S2. The van der Waals surface area contributed by atoms with Gasteiger partial charge in [0, 0.05) is 19.2 Å². The van der Waals surface area contributed by atoms with Crippen LogP contribution in [0.2, 0.25) is 0 Å². The molecule has 0 aliphatic carbocycles. The highest BCUT2D eigenvalue weighted by Crippen LogP contribution is 2.14. The molecule has 0 aliphatic rings. The second-order valence-corrected chi connectivity index (χ2v) is 8.06. The number of amides is 2. The van der Waals surface area contributed by atoms with Crippen molar-refractivity contribution >= 4 is 39.7 Å². The average Bonchev–Trinajstić information content (AvgIpc) is 2.98. The molecule has 4 N–H and O–H groups in total. The second kappa shape index (κ2) is 9.08. The van der Waals surface area contributed by atoms with Crippen molar-refractivity contribution in [2.75, 3.05) is 5.32 Å². The first kappa shape index (κ1) is 21.7. The molecule has 0 saturated carbocycles. The SMILES string of the molecule is CCn1c(CNC(=O)[C@H](C)NS(=O)(=O)c2ccc(NC(C)=O)cc2)n[nH]c1=S. The van der Waals surface area contributed by atoms with Crippen molar-refractivity contribution in [1.29, 1.82) is 0 Å². The number of anilines is 1. The van der Waals surface area contributed by atoms with Crippen LogP contribution in [0.15, 0.2) is 29.2 Å². The lowest BCUT2D eigenvalue weighted by Crippen LogP contribution is -2.44. The molecule has 0 aliphatic heterocycles. The maximum Gasteiger partial charge on any atom is 0.241 e. The first-order chi connectivity index (χ1) is 13.1. The Kier molecular flexibility index (Phi) is 7.05. The summed E-state index contributed by atoms with van der Waals surface area (Å²) in [4.78, 5) is 23.2. The van der Waals surface area contributed by atoms with Gasteiger partial charge in [-0.1, -0.05) is 0 Å². The highest BCUT2D eigenvalue weighted by molar-refractivity contribution is 7.89. The van der Waals surface area contributed by atoms with Gasteiger partial charge in [-0.3, -0.25) is 14.7 Å². The number of hydrogen-bond donors (Lipinski definition) is 4. The molecule has 1 heterocycles. The lowest BCUT2D eigenvalue weighted by atomic mass is 10.3. The van der Waals surface area contributed by atoms with Gasteiger partial charge in [-0.05, 0) is 50.3 Å². The van der Waals surface area contributed by atoms with E-state index in [9.17, 15) is 18.0 Å². The molecule has 0 fully saturated rings. The Balaban J connectivity index is 1.99. The molecule has 0 saturated heterocycles. The maximum atomic E-state index is 12.4. The normalized spacial score (nSPS) is 12.4. The van der Waals surface area contributed by atoms with Crippen molar-refractivity contribution in [3.63, 3.8) is 0 Å². The van der Waals surface area contributed by atoms with Crippen LogP contribution in [-0.4, -0.2) is 41.0 Å². The number of aromatic amines is 1. The Bertz CT molecular complexity index is 1010. The summed E-state index contributed by atoms with van der Waals surface area (Å²) in [5, 5.41) is 11.9. The van der Waals surface area contributed by atoms with Gasteiger partial charge in [0.25, 0.3) is 0 Å². The van der Waals surface area contributed by atoms with E-state index in [-0.39, 0.29) is 17.3 Å². The summed E-state index contributed by atoms with van der Waals surface area (Å²) in [5.74, 6) is -0.219. The predicted molar refractivity (Wildman–Crippen MR) is 105 cm³/mol. The minimum Gasteiger partial charge on any atom is -0.347 e. The van der Waals surface area contributed by atoms with Crippen LogP contribution in [0.25, 0.3) is 0 Å². The minimum atomic E-state index is -3.91. The third-order valence-corrected chi connectivity index (χ3v) is 5.65. The number of nitrogens with zero attached hydrogens (tertiary/aromatic N) is 2. The standard InChI is InChI=1S/C16H22N6O4S2/c1-4-22-14(19-20-16(22)27)9-17-15(24)10(2)21-28(25,26)13-7-5-12(6-8-13)18-11(3)23/h5-8,10,21H,4,9H2,1-3H3,(H,17,24)(H,18,23)(H,20,27)/t10-/m0/s1. The molecule has 1 aromatic heterocycles. The lowest BCUT2D eigenvalue weighted by Gasteiger charge is -2.15. The molecule has 0 radical (unpaired) electrons. The maximum absolute atomic E-state index is 12.4. The van der Waals surface area contributed by atoms with E-state index in [0.717, 1.165) is 0 Å². The van der Waals surface area contributed by atoms with E-state index in [1.54, 1.807) is 4.57 Å². The Morgan fingerprint density at radius 3 is 2.50 bits per heavy atom. The molecule has 1 aromatic carbocycles. The van der Waals surface area contributed by atoms with Crippen LogP contribution in [0.5, 0.6) is 0 Å². The molecule has 152 valence electrons. The molecule has 28 heavy (non-hydrogen) atoms. The van der Waals surface area contributed by atoms with Gasteiger partial charge in [0.2, 0.25) is 21.8 Å². The molecule has 0 spiro atoms. The largest absolute Gasteiger partial charge is 0.347 e. The molecule has 2 rings (SSSR count). The summed E-state index contributed by atoms with van der Waals surface area (Å²) >= 11 is 5.08. The van der Waals surface area contributed by atoms with E-state index < -0.39 is 22.0 Å².